The Morgan fingerprint density at radius 2 is 2.05 bits per heavy atom. The molecule has 1 atom stereocenters. The van der Waals surface area contributed by atoms with Gasteiger partial charge < -0.3 is 0 Å². The number of carbonyl (C=O) groups is 1. The molecule has 0 aromatic heterocycles. The summed E-state index contributed by atoms with van der Waals surface area (Å²) < 4.78 is 39.8. The number of halogens is 1. The normalized spacial score (nSPS) is 20.9. The second-order valence-corrected chi connectivity index (χ2v) is 7.01. The number of hydrogen-bond donors (Lipinski definition) is 0. The van der Waals surface area contributed by atoms with E-state index in [0.29, 0.717) is 18.5 Å². The summed E-state index contributed by atoms with van der Waals surface area (Å²) in [5.74, 6) is -0.615. The first-order valence-corrected chi connectivity index (χ1v) is 8.06. The van der Waals surface area contributed by atoms with Gasteiger partial charge in [0.05, 0.1) is 10.9 Å². The lowest BCUT2D eigenvalue weighted by Crippen LogP contribution is -2.47. The van der Waals surface area contributed by atoms with E-state index in [-0.39, 0.29) is 10.7 Å². The van der Waals surface area contributed by atoms with Crippen LogP contribution in [0, 0.1) is 12.7 Å². The highest BCUT2D eigenvalue weighted by Gasteiger charge is 2.36. The van der Waals surface area contributed by atoms with Gasteiger partial charge in [-0.15, -0.1) is 0 Å². The van der Waals surface area contributed by atoms with Crippen LogP contribution in [0.25, 0.3) is 0 Å². The molecule has 20 heavy (non-hydrogen) atoms. The van der Waals surface area contributed by atoms with Crippen molar-refractivity contribution < 1.29 is 17.6 Å². The van der Waals surface area contributed by atoms with Gasteiger partial charge in [0.1, 0.15) is 11.6 Å². The lowest BCUT2D eigenvalue weighted by Gasteiger charge is -2.33. The van der Waals surface area contributed by atoms with Crippen molar-refractivity contribution in [2.45, 2.75) is 44.0 Å². The monoisotopic (exact) mass is 299 g/mol. The van der Waals surface area contributed by atoms with Crippen LogP contribution in [0.5, 0.6) is 0 Å². The Bertz CT molecular complexity index is 627. The van der Waals surface area contributed by atoms with Crippen molar-refractivity contribution in [2.24, 2.45) is 0 Å². The molecule has 1 aromatic carbocycles. The molecule has 0 N–H and O–H groups in total. The maximum absolute atomic E-state index is 13.1. The van der Waals surface area contributed by atoms with Crippen LogP contribution >= 0.6 is 0 Å². The zero-order valence-corrected chi connectivity index (χ0v) is 12.4. The first-order chi connectivity index (χ1) is 9.34. The molecule has 2 rings (SSSR count). The molecule has 1 saturated heterocycles. The van der Waals surface area contributed by atoms with Crippen molar-refractivity contribution >= 4 is 15.8 Å². The van der Waals surface area contributed by atoms with Crippen LogP contribution in [0.4, 0.5) is 4.39 Å². The number of nitrogens with zero attached hydrogens (tertiary/aromatic N) is 1. The number of benzene rings is 1. The third-order valence-electron chi connectivity index (χ3n) is 3.65. The summed E-state index contributed by atoms with van der Waals surface area (Å²) >= 11 is 0. The molecule has 110 valence electrons. The lowest BCUT2D eigenvalue weighted by molar-refractivity contribution is -0.121. The molecule has 0 saturated carbocycles. The molecule has 1 aromatic rings. The summed E-state index contributed by atoms with van der Waals surface area (Å²) in [4.78, 5) is 11.7. The van der Waals surface area contributed by atoms with E-state index in [1.807, 2.05) is 0 Å². The molecule has 1 unspecified atom stereocenters. The van der Waals surface area contributed by atoms with Gasteiger partial charge in [-0.1, -0.05) is 6.42 Å². The molecule has 1 aliphatic heterocycles. The molecular weight excluding hydrogens is 281 g/mol. The van der Waals surface area contributed by atoms with E-state index in [9.17, 15) is 17.6 Å². The summed E-state index contributed by atoms with van der Waals surface area (Å²) in [6.45, 7) is 3.31. The molecular formula is C14H18FNO3S. The molecule has 1 heterocycles. The number of piperidine rings is 1. The minimum absolute atomic E-state index is 0.0760. The zero-order valence-electron chi connectivity index (χ0n) is 11.6. The Balaban J connectivity index is 2.45. The standard InChI is InChI=1S/C14H18FNO3S/c1-10-9-12(15)6-7-14(10)20(18,19)16-8-4-3-5-13(16)11(2)17/h6-7,9,13H,3-5,8H2,1-2H3. The molecule has 6 heteroatoms. The number of carbonyl (C=O) groups excluding carboxylic acids is 1. The topological polar surface area (TPSA) is 54.5 Å². The Morgan fingerprint density at radius 1 is 1.35 bits per heavy atom. The van der Waals surface area contributed by atoms with Gasteiger partial charge in [-0.25, -0.2) is 12.8 Å². The second-order valence-electron chi connectivity index (χ2n) is 5.15. The average Bonchev–Trinajstić information content (AvgIpc) is 2.38. The minimum Gasteiger partial charge on any atom is -0.298 e. The van der Waals surface area contributed by atoms with Crippen LogP contribution < -0.4 is 0 Å². The highest BCUT2D eigenvalue weighted by atomic mass is 32.2. The Morgan fingerprint density at radius 3 is 2.65 bits per heavy atom. The number of rotatable bonds is 3. The van der Waals surface area contributed by atoms with Gasteiger partial charge in [-0.2, -0.15) is 4.31 Å². The number of hydrogen-bond acceptors (Lipinski definition) is 3. The van der Waals surface area contributed by atoms with Gasteiger partial charge in [0.15, 0.2) is 0 Å². The first-order valence-electron chi connectivity index (χ1n) is 6.62. The SMILES string of the molecule is CC(=O)C1CCCCN1S(=O)(=O)c1ccc(F)cc1C. The van der Waals surface area contributed by atoms with Gasteiger partial charge in [0, 0.05) is 6.54 Å². The number of ketones is 1. The summed E-state index contributed by atoms with van der Waals surface area (Å²) in [6.07, 6.45) is 2.14. The van der Waals surface area contributed by atoms with Crippen molar-refractivity contribution in [1.82, 2.24) is 4.31 Å². The van der Waals surface area contributed by atoms with Crippen LogP contribution in [-0.4, -0.2) is 31.1 Å². The van der Waals surface area contributed by atoms with Gasteiger partial charge in [0.2, 0.25) is 10.0 Å². The maximum atomic E-state index is 13.1. The Labute approximate surface area is 118 Å². The molecule has 0 spiro atoms. The largest absolute Gasteiger partial charge is 0.298 e. The fraction of sp³-hybridized carbons (Fsp3) is 0.500. The third kappa shape index (κ3) is 2.76. The van der Waals surface area contributed by atoms with E-state index in [4.69, 9.17) is 0 Å². The number of Topliss-reactive ketones (excluding diaryl/α,β-unsaturated/α-hetero) is 1. The molecule has 0 aliphatic carbocycles. The zero-order chi connectivity index (χ0) is 14.9. The van der Waals surface area contributed by atoms with Crippen molar-refractivity contribution in [3.05, 3.63) is 29.6 Å². The third-order valence-corrected chi connectivity index (χ3v) is 5.71. The van der Waals surface area contributed by atoms with Gasteiger partial charge in [0.25, 0.3) is 0 Å². The quantitative estimate of drug-likeness (QED) is 0.860. The van der Waals surface area contributed by atoms with Crippen LogP contribution in [0.3, 0.4) is 0 Å². The molecule has 4 nitrogen and oxygen atoms in total. The summed E-state index contributed by atoms with van der Waals surface area (Å²) in [6, 6.07) is 3.00. The van der Waals surface area contributed by atoms with E-state index in [2.05, 4.69) is 0 Å². The molecule has 0 amide bonds. The van der Waals surface area contributed by atoms with E-state index < -0.39 is 21.9 Å². The molecule has 1 fully saturated rings. The van der Waals surface area contributed by atoms with E-state index in [1.54, 1.807) is 6.92 Å². The van der Waals surface area contributed by atoms with Gasteiger partial charge in [-0.05, 0) is 50.5 Å². The fourth-order valence-corrected chi connectivity index (χ4v) is 4.54. The lowest BCUT2D eigenvalue weighted by atomic mass is 10.0. The number of sulfonamides is 1. The van der Waals surface area contributed by atoms with Crippen LogP contribution in [0.15, 0.2) is 23.1 Å². The molecule has 0 radical (unpaired) electrons. The highest BCUT2D eigenvalue weighted by Crippen LogP contribution is 2.27. The smallest absolute Gasteiger partial charge is 0.243 e. The van der Waals surface area contributed by atoms with Crippen LogP contribution in [0.1, 0.15) is 31.7 Å². The molecule has 0 bridgehead atoms. The van der Waals surface area contributed by atoms with Crippen molar-refractivity contribution in [3.63, 3.8) is 0 Å². The molecule has 1 aliphatic rings. The van der Waals surface area contributed by atoms with Crippen molar-refractivity contribution in [2.75, 3.05) is 6.54 Å². The van der Waals surface area contributed by atoms with Crippen molar-refractivity contribution in [3.8, 4) is 0 Å². The fourth-order valence-electron chi connectivity index (χ4n) is 2.63. The second kappa shape index (κ2) is 5.61. The summed E-state index contributed by atoms with van der Waals surface area (Å²) in [5.41, 5.74) is 0.359. The summed E-state index contributed by atoms with van der Waals surface area (Å²) in [5, 5.41) is 0. The maximum Gasteiger partial charge on any atom is 0.243 e. The minimum atomic E-state index is -3.76. The van der Waals surface area contributed by atoms with Gasteiger partial charge >= 0.3 is 0 Å². The highest BCUT2D eigenvalue weighted by molar-refractivity contribution is 7.89. The Hall–Kier alpha value is -1.27. The first kappa shape index (κ1) is 15.1. The van der Waals surface area contributed by atoms with Crippen LogP contribution in [-0.2, 0) is 14.8 Å². The predicted octanol–water partition coefficient (Wildman–Crippen LogP) is 2.27. The van der Waals surface area contributed by atoms with E-state index in [0.717, 1.165) is 18.9 Å². The Kier molecular flexibility index (Phi) is 4.25. The van der Waals surface area contributed by atoms with E-state index >= 15 is 0 Å². The number of aryl methyl sites for hydroxylation is 1. The van der Waals surface area contributed by atoms with Crippen molar-refractivity contribution in [1.29, 1.82) is 0 Å². The van der Waals surface area contributed by atoms with Gasteiger partial charge in [-0.3, -0.25) is 4.79 Å². The average molecular weight is 299 g/mol. The summed E-state index contributed by atoms with van der Waals surface area (Å²) in [7, 11) is -3.76. The van der Waals surface area contributed by atoms with E-state index in [1.165, 1.54) is 23.4 Å². The van der Waals surface area contributed by atoms with Crippen LogP contribution in [0.2, 0.25) is 0 Å². The predicted molar refractivity (Wildman–Crippen MR) is 73.3 cm³/mol.